The first-order valence-electron chi connectivity index (χ1n) is 6.51. The fraction of sp³-hybridized carbons (Fsp3) is 0.200. The Hall–Kier alpha value is -2.08. The lowest BCUT2D eigenvalue weighted by atomic mass is 10.1. The zero-order chi connectivity index (χ0) is 15.6. The van der Waals surface area contributed by atoms with Gasteiger partial charge in [-0.1, -0.05) is 13.0 Å². The van der Waals surface area contributed by atoms with Crippen molar-refractivity contribution in [3.8, 4) is 0 Å². The van der Waals surface area contributed by atoms with E-state index in [4.69, 9.17) is 5.73 Å². The Kier molecular flexibility index (Phi) is 4.18. The highest BCUT2D eigenvalue weighted by Crippen LogP contribution is 2.23. The third-order valence-corrected chi connectivity index (χ3v) is 4.60. The van der Waals surface area contributed by atoms with Gasteiger partial charge < -0.3 is 5.73 Å². The minimum atomic E-state index is -3.75. The number of nitrogens with two attached hydrogens (primary N) is 1. The Morgan fingerprint density at radius 1 is 1.19 bits per heavy atom. The Balaban J connectivity index is 2.36. The molecule has 0 aromatic heterocycles. The number of hydrogen-bond acceptors (Lipinski definition) is 3. The van der Waals surface area contributed by atoms with Crippen LogP contribution in [0.2, 0.25) is 0 Å². The van der Waals surface area contributed by atoms with Crippen LogP contribution in [0.3, 0.4) is 0 Å². The number of aryl methyl sites for hydroxylation is 2. The number of rotatable bonds is 4. The van der Waals surface area contributed by atoms with E-state index in [1.165, 1.54) is 30.3 Å². The summed E-state index contributed by atoms with van der Waals surface area (Å²) in [5, 5.41) is 0. The molecule has 21 heavy (non-hydrogen) atoms. The molecule has 4 nitrogen and oxygen atoms in total. The van der Waals surface area contributed by atoms with Crippen molar-refractivity contribution in [2.75, 3.05) is 10.5 Å². The largest absolute Gasteiger partial charge is 0.398 e. The summed E-state index contributed by atoms with van der Waals surface area (Å²) in [6.45, 7) is 3.58. The van der Waals surface area contributed by atoms with Gasteiger partial charge in [0, 0.05) is 5.69 Å². The summed E-state index contributed by atoms with van der Waals surface area (Å²) in [5.74, 6) is -0.410. The van der Waals surface area contributed by atoms with Crippen LogP contribution in [0.1, 0.15) is 18.1 Å². The minimum Gasteiger partial charge on any atom is -0.398 e. The third kappa shape index (κ3) is 3.33. The molecule has 0 saturated carbocycles. The van der Waals surface area contributed by atoms with Gasteiger partial charge in [0.1, 0.15) is 5.82 Å². The van der Waals surface area contributed by atoms with Gasteiger partial charge in [-0.3, -0.25) is 4.72 Å². The molecule has 0 aliphatic carbocycles. The predicted octanol–water partition coefficient (Wildman–Crippen LogP) is 3.08. The van der Waals surface area contributed by atoms with Gasteiger partial charge in [0.15, 0.2) is 0 Å². The van der Waals surface area contributed by atoms with Crippen LogP contribution >= 0.6 is 0 Å². The van der Waals surface area contributed by atoms with Crippen molar-refractivity contribution in [1.29, 1.82) is 0 Å². The zero-order valence-corrected chi connectivity index (χ0v) is 12.7. The van der Waals surface area contributed by atoms with Crippen molar-refractivity contribution in [3.05, 3.63) is 53.3 Å². The second-order valence-corrected chi connectivity index (χ2v) is 6.46. The van der Waals surface area contributed by atoms with Crippen LogP contribution in [0.15, 0.2) is 41.3 Å². The maximum Gasteiger partial charge on any atom is 0.261 e. The molecule has 2 rings (SSSR count). The van der Waals surface area contributed by atoms with Gasteiger partial charge in [-0.15, -0.1) is 0 Å². The van der Waals surface area contributed by atoms with Crippen molar-refractivity contribution in [3.63, 3.8) is 0 Å². The lowest BCUT2D eigenvalue weighted by molar-refractivity contribution is 0.601. The maximum atomic E-state index is 13.0. The molecule has 0 unspecified atom stereocenters. The number of hydrogen-bond donors (Lipinski definition) is 2. The van der Waals surface area contributed by atoms with E-state index in [0.717, 1.165) is 12.0 Å². The molecule has 0 aliphatic heterocycles. The third-order valence-electron chi connectivity index (χ3n) is 3.24. The molecule has 0 radical (unpaired) electrons. The Morgan fingerprint density at radius 2 is 1.90 bits per heavy atom. The summed E-state index contributed by atoms with van der Waals surface area (Å²) in [6, 6.07) is 8.51. The van der Waals surface area contributed by atoms with Crippen molar-refractivity contribution in [1.82, 2.24) is 0 Å². The molecule has 0 fully saturated rings. The van der Waals surface area contributed by atoms with Crippen LogP contribution < -0.4 is 10.5 Å². The quantitative estimate of drug-likeness (QED) is 0.853. The van der Waals surface area contributed by atoms with Gasteiger partial charge in [0.2, 0.25) is 0 Å². The summed E-state index contributed by atoms with van der Waals surface area (Å²) in [5.41, 5.74) is 8.02. The van der Waals surface area contributed by atoms with E-state index < -0.39 is 15.8 Å². The smallest absolute Gasteiger partial charge is 0.261 e. The number of nitrogen functional groups attached to an aromatic ring is 1. The van der Waals surface area contributed by atoms with E-state index in [0.29, 0.717) is 16.9 Å². The second kappa shape index (κ2) is 5.73. The van der Waals surface area contributed by atoms with Crippen LogP contribution in [0.25, 0.3) is 0 Å². The molecular formula is C15H17FN2O2S. The topological polar surface area (TPSA) is 72.2 Å². The van der Waals surface area contributed by atoms with Crippen LogP contribution in [0.4, 0.5) is 15.8 Å². The number of benzene rings is 2. The van der Waals surface area contributed by atoms with Crippen LogP contribution in [0, 0.1) is 12.7 Å². The fourth-order valence-corrected chi connectivity index (χ4v) is 3.17. The summed E-state index contributed by atoms with van der Waals surface area (Å²) < 4.78 is 40.2. The van der Waals surface area contributed by atoms with Gasteiger partial charge in [-0.05, 0) is 54.8 Å². The Labute approximate surface area is 123 Å². The Bertz CT molecular complexity index is 773. The van der Waals surface area contributed by atoms with E-state index in [9.17, 15) is 12.8 Å². The van der Waals surface area contributed by atoms with Gasteiger partial charge in [-0.2, -0.15) is 0 Å². The number of nitrogens with one attached hydrogen (secondary N) is 1. The van der Waals surface area contributed by atoms with Crippen molar-refractivity contribution < 1.29 is 12.8 Å². The van der Waals surface area contributed by atoms with Gasteiger partial charge in [-0.25, -0.2) is 12.8 Å². The molecular weight excluding hydrogens is 291 g/mol. The first-order chi connectivity index (χ1) is 9.83. The fourth-order valence-electron chi connectivity index (χ4n) is 2.01. The average molecular weight is 308 g/mol. The number of sulfonamides is 1. The lowest BCUT2D eigenvalue weighted by Crippen LogP contribution is -2.14. The summed E-state index contributed by atoms with van der Waals surface area (Å²) in [7, 11) is -3.75. The molecule has 2 aromatic rings. The SMILES string of the molecule is CCc1ccc(S(=O)(=O)Nc2ccc(F)cc2C)cc1N. The van der Waals surface area contributed by atoms with E-state index in [2.05, 4.69) is 4.72 Å². The highest BCUT2D eigenvalue weighted by Gasteiger charge is 2.16. The summed E-state index contributed by atoms with van der Waals surface area (Å²) >= 11 is 0. The average Bonchev–Trinajstić information content (AvgIpc) is 2.42. The molecule has 0 bridgehead atoms. The van der Waals surface area contributed by atoms with Crippen molar-refractivity contribution >= 4 is 21.4 Å². The number of anilines is 2. The summed E-state index contributed by atoms with van der Waals surface area (Å²) in [6.07, 6.45) is 0.733. The second-order valence-electron chi connectivity index (χ2n) is 4.78. The van der Waals surface area contributed by atoms with E-state index >= 15 is 0 Å². The van der Waals surface area contributed by atoms with Crippen LogP contribution in [0.5, 0.6) is 0 Å². The van der Waals surface area contributed by atoms with E-state index in [-0.39, 0.29) is 4.90 Å². The van der Waals surface area contributed by atoms with Crippen molar-refractivity contribution in [2.45, 2.75) is 25.2 Å². The highest BCUT2D eigenvalue weighted by molar-refractivity contribution is 7.92. The van der Waals surface area contributed by atoms with Crippen LogP contribution in [-0.2, 0) is 16.4 Å². The normalized spacial score (nSPS) is 11.4. The van der Waals surface area contributed by atoms with Crippen LogP contribution in [-0.4, -0.2) is 8.42 Å². The van der Waals surface area contributed by atoms with Crippen molar-refractivity contribution in [2.24, 2.45) is 0 Å². The summed E-state index contributed by atoms with van der Waals surface area (Å²) in [4.78, 5) is 0.0842. The molecule has 3 N–H and O–H groups in total. The first-order valence-corrected chi connectivity index (χ1v) is 7.99. The lowest BCUT2D eigenvalue weighted by Gasteiger charge is -2.12. The monoisotopic (exact) mass is 308 g/mol. The molecule has 0 saturated heterocycles. The molecule has 0 aliphatic rings. The predicted molar refractivity (Wildman–Crippen MR) is 82.2 cm³/mol. The zero-order valence-electron chi connectivity index (χ0n) is 11.9. The molecule has 6 heteroatoms. The van der Waals surface area contributed by atoms with Gasteiger partial charge in [0.25, 0.3) is 10.0 Å². The Morgan fingerprint density at radius 3 is 2.48 bits per heavy atom. The number of halogens is 1. The molecule has 0 spiro atoms. The highest BCUT2D eigenvalue weighted by atomic mass is 32.2. The minimum absolute atomic E-state index is 0.0842. The molecule has 0 atom stereocenters. The first kappa shape index (κ1) is 15.3. The standard InChI is InChI=1S/C15H17FN2O2S/c1-3-11-4-6-13(9-14(11)17)21(19,20)18-15-7-5-12(16)8-10(15)2/h4-9,18H,3,17H2,1-2H3. The van der Waals surface area contributed by atoms with Gasteiger partial charge >= 0.3 is 0 Å². The van der Waals surface area contributed by atoms with E-state index in [1.54, 1.807) is 13.0 Å². The van der Waals surface area contributed by atoms with Gasteiger partial charge in [0.05, 0.1) is 10.6 Å². The molecule has 2 aromatic carbocycles. The maximum absolute atomic E-state index is 13.0. The molecule has 112 valence electrons. The van der Waals surface area contributed by atoms with E-state index in [1.807, 2.05) is 6.92 Å². The molecule has 0 heterocycles. The molecule has 0 amide bonds.